The Balaban J connectivity index is 1.20. The van der Waals surface area contributed by atoms with Crippen molar-refractivity contribution in [3.8, 4) is 0 Å². The number of fused-ring (bicyclic) bond motifs is 3. The number of anilines is 2. The van der Waals surface area contributed by atoms with E-state index in [1.807, 2.05) is 55.5 Å². The van der Waals surface area contributed by atoms with Gasteiger partial charge in [-0.1, -0.05) is 54.9 Å². The minimum absolute atomic E-state index is 0.0894. The largest absolute Gasteiger partial charge is 0.394 e. The molecular weight excluding hydrogens is 637 g/mol. The molecule has 7 rings (SSSR count). The predicted octanol–water partition coefficient (Wildman–Crippen LogP) is 5.73. The molecule has 4 heterocycles. The Kier molecular flexibility index (Phi) is 8.06. The van der Waals surface area contributed by atoms with Gasteiger partial charge in [-0.25, -0.2) is 0 Å². The number of rotatable bonds is 7. The van der Waals surface area contributed by atoms with E-state index < -0.39 is 37.6 Å². The van der Waals surface area contributed by atoms with E-state index in [4.69, 9.17) is 16.3 Å². The third-order valence-corrected chi connectivity index (χ3v) is 13.3. The van der Waals surface area contributed by atoms with Gasteiger partial charge in [-0.15, -0.1) is 0 Å². The van der Waals surface area contributed by atoms with Gasteiger partial charge < -0.3 is 28.7 Å². The minimum Gasteiger partial charge on any atom is -0.394 e. The third kappa shape index (κ3) is 5.30. The second-order valence-corrected chi connectivity index (χ2v) is 18.1. The van der Waals surface area contributed by atoms with Crippen molar-refractivity contribution in [1.29, 1.82) is 0 Å². The normalized spacial score (nSPS) is 26.9. The number of nitrogens with zero attached hydrogens (tertiary/aromatic N) is 3. The van der Waals surface area contributed by atoms with Gasteiger partial charge in [0.05, 0.1) is 37.4 Å². The number of aliphatic hydroxyl groups excluding tert-OH is 1. The first-order valence-electron chi connectivity index (χ1n) is 16.3. The molecule has 246 valence electrons. The zero-order valence-electron chi connectivity index (χ0n) is 26.8. The fourth-order valence-corrected chi connectivity index (χ4v) is 10.9. The van der Waals surface area contributed by atoms with Crippen molar-refractivity contribution in [2.45, 2.75) is 75.7 Å². The maximum absolute atomic E-state index is 16.4. The topological polar surface area (TPSA) is 90.4 Å². The summed E-state index contributed by atoms with van der Waals surface area (Å²) in [5.74, 6) is -1.02. The Morgan fingerprint density at radius 3 is 2.45 bits per heavy atom. The summed E-state index contributed by atoms with van der Waals surface area (Å²) in [5.41, 5.74) is 2.87. The molecule has 0 aliphatic carbocycles. The number of hydrogen-bond donors (Lipinski definition) is 1. The molecule has 47 heavy (non-hydrogen) atoms. The molecule has 8 nitrogen and oxygen atoms in total. The van der Waals surface area contributed by atoms with Crippen molar-refractivity contribution in [3.63, 3.8) is 0 Å². The van der Waals surface area contributed by atoms with Gasteiger partial charge in [0.15, 0.2) is 5.60 Å². The first-order valence-corrected chi connectivity index (χ1v) is 19.6. The van der Waals surface area contributed by atoms with Crippen LogP contribution in [0.1, 0.15) is 42.0 Å². The van der Waals surface area contributed by atoms with E-state index in [-0.39, 0.29) is 37.3 Å². The molecule has 0 saturated carbocycles. The summed E-state index contributed by atoms with van der Waals surface area (Å²) in [6.45, 7) is 6.19. The van der Waals surface area contributed by atoms with Crippen molar-refractivity contribution < 1.29 is 28.3 Å². The van der Waals surface area contributed by atoms with Gasteiger partial charge in [-0.2, -0.15) is 0 Å². The number of β-lactam (4-membered cyclic amide) rings is 1. The zero-order valence-corrected chi connectivity index (χ0v) is 28.5. The number of carbonyl (C=O) groups excluding carboxylic acids is 3. The number of aliphatic hydroxyl groups is 1. The van der Waals surface area contributed by atoms with Gasteiger partial charge in [0.25, 0.3) is 5.91 Å². The SMILES string of the molecule is C[C@@H]1[C@@H]([Si](C)(C)F)[C@H](CC(=O)N2Cc3ccccc3C[C@H]2CO)O[C@@]12C(=O)N(Cc1ccc(N3CCC3=O)cc1)c1ccc(Cl)cc12. The molecule has 4 aliphatic rings. The third-order valence-electron chi connectivity index (χ3n) is 10.6. The van der Waals surface area contributed by atoms with Crippen LogP contribution in [0.25, 0.3) is 0 Å². The summed E-state index contributed by atoms with van der Waals surface area (Å²) in [5, 5.41) is 10.7. The van der Waals surface area contributed by atoms with Gasteiger partial charge in [0, 0.05) is 47.2 Å². The van der Waals surface area contributed by atoms with Gasteiger partial charge >= 0.3 is 0 Å². The molecule has 0 aromatic heterocycles. The predicted molar refractivity (Wildman–Crippen MR) is 180 cm³/mol. The summed E-state index contributed by atoms with van der Waals surface area (Å²) >= 11 is 6.52. The highest BCUT2D eigenvalue weighted by atomic mass is 35.5. The summed E-state index contributed by atoms with van der Waals surface area (Å²) in [4.78, 5) is 45.7. The smallest absolute Gasteiger partial charge is 0.264 e. The molecule has 3 aromatic rings. The van der Waals surface area contributed by atoms with E-state index in [0.717, 1.165) is 22.4 Å². The van der Waals surface area contributed by atoms with Crippen LogP contribution in [0.4, 0.5) is 15.5 Å². The van der Waals surface area contributed by atoms with Crippen molar-refractivity contribution in [1.82, 2.24) is 4.90 Å². The van der Waals surface area contributed by atoms with Gasteiger partial charge in [0.2, 0.25) is 20.2 Å². The lowest BCUT2D eigenvalue weighted by atomic mass is 9.82. The minimum atomic E-state index is -3.51. The number of carbonyl (C=O) groups is 3. The highest BCUT2D eigenvalue weighted by Crippen LogP contribution is 2.60. The molecule has 2 fully saturated rings. The van der Waals surface area contributed by atoms with E-state index in [1.54, 1.807) is 46.0 Å². The monoisotopic (exact) mass is 675 g/mol. The average molecular weight is 676 g/mol. The molecule has 0 unspecified atom stereocenters. The highest BCUT2D eigenvalue weighted by Gasteiger charge is 2.67. The molecule has 0 bridgehead atoms. The Morgan fingerprint density at radius 1 is 1.09 bits per heavy atom. The van der Waals surface area contributed by atoms with Crippen LogP contribution in [0.2, 0.25) is 23.7 Å². The van der Waals surface area contributed by atoms with E-state index >= 15 is 4.11 Å². The van der Waals surface area contributed by atoms with Crippen molar-refractivity contribution in [2.24, 2.45) is 5.92 Å². The van der Waals surface area contributed by atoms with E-state index in [2.05, 4.69) is 0 Å². The maximum atomic E-state index is 16.4. The quantitative estimate of drug-likeness (QED) is 0.196. The number of benzene rings is 3. The van der Waals surface area contributed by atoms with Crippen LogP contribution in [-0.2, 0) is 44.2 Å². The summed E-state index contributed by atoms with van der Waals surface area (Å²) < 4.78 is 23.2. The first kappa shape index (κ1) is 32.0. The molecule has 3 aromatic carbocycles. The highest BCUT2D eigenvalue weighted by molar-refractivity contribution is 6.72. The Bertz CT molecular complexity index is 1750. The van der Waals surface area contributed by atoms with E-state index in [1.165, 1.54) is 0 Å². The molecule has 2 saturated heterocycles. The molecule has 5 atom stereocenters. The molecule has 11 heteroatoms. The van der Waals surface area contributed by atoms with Crippen LogP contribution < -0.4 is 9.80 Å². The second-order valence-electron chi connectivity index (χ2n) is 13.8. The average Bonchev–Trinajstić information content (AvgIpc) is 3.46. The second kappa shape index (κ2) is 11.8. The Morgan fingerprint density at radius 2 is 1.81 bits per heavy atom. The van der Waals surface area contributed by atoms with Crippen molar-refractivity contribution >= 4 is 49.1 Å². The zero-order chi connectivity index (χ0) is 33.2. The van der Waals surface area contributed by atoms with Crippen molar-refractivity contribution in [3.05, 3.63) is 94.0 Å². The fraction of sp³-hybridized carbons (Fsp3) is 0.417. The van der Waals surface area contributed by atoms with Gasteiger partial charge in [-0.05, 0) is 66.5 Å². The van der Waals surface area contributed by atoms with Crippen LogP contribution in [0, 0.1) is 5.92 Å². The van der Waals surface area contributed by atoms with E-state index in [0.29, 0.717) is 42.2 Å². The molecule has 0 radical (unpaired) electrons. The van der Waals surface area contributed by atoms with E-state index in [9.17, 15) is 19.5 Å². The lowest BCUT2D eigenvalue weighted by Crippen LogP contribution is -2.48. The van der Waals surface area contributed by atoms with Gasteiger partial charge in [-0.3, -0.25) is 14.4 Å². The summed E-state index contributed by atoms with van der Waals surface area (Å²) in [7, 11) is -3.51. The molecule has 4 aliphatic heterocycles. The maximum Gasteiger partial charge on any atom is 0.264 e. The lowest BCUT2D eigenvalue weighted by molar-refractivity contribution is -0.151. The van der Waals surface area contributed by atoms with Crippen LogP contribution in [0.3, 0.4) is 0 Å². The number of ether oxygens (including phenoxy) is 1. The molecule has 1 N–H and O–H groups in total. The van der Waals surface area contributed by atoms with Gasteiger partial charge in [0.1, 0.15) is 0 Å². The summed E-state index contributed by atoms with van der Waals surface area (Å²) in [6.07, 6.45) is 0.134. The Hall–Kier alpha value is -3.57. The number of amides is 3. The van der Waals surface area contributed by atoms with Crippen LogP contribution in [-0.4, -0.2) is 61.4 Å². The number of halogens is 2. The fourth-order valence-electron chi connectivity index (χ4n) is 8.26. The van der Waals surface area contributed by atoms with Crippen LogP contribution in [0.5, 0.6) is 0 Å². The van der Waals surface area contributed by atoms with Crippen LogP contribution >= 0.6 is 11.6 Å². The number of hydrogen-bond acceptors (Lipinski definition) is 5. The first-order chi connectivity index (χ1) is 22.4. The standard InChI is InChI=1S/C36H39ClFN3O5Si/c1-22-34(47(2,3)38)31(18-33(44)40-20-25-7-5-4-6-24(25)16-28(40)21-42)46-36(22)29-17-26(37)10-13-30(29)41(35(36)45)19-23-8-11-27(12-9-23)39-15-14-32(39)43/h4-13,17,22,28,31,34,42H,14-16,18-21H2,1-3H3/t22-,28+,31+,34-,36+/m1/s1. The molecule has 3 amide bonds. The van der Waals surface area contributed by atoms with Crippen molar-refractivity contribution in [2.75, 3.05) is 23.0 Å². The summed E-state index contributed by atoms with van der Waals surface area (Å²) in [6, 6.07) is 20.3. The Labute approximate surface area is 280 Å². The van der Waals surface area contributed by atoms with Crippen LogP contribution in [0.15, 0.2) is 66.7 Å². The molecule has 1 spiro atoms. The molecular formula is C36H39ClFN3O5Si. The lowest BCUT2D eigenvalue weighted by Gasteiger charge is -2.37.